The standard InChI is InChI=1S/C16H16ClFO/c1-11-4-3-5-12(8-11)9-15(17)14-10-13(18)6-7-16(14)19-2/h3-8,10,15H,9H2,1-2H3. The third kappa shape index (κ3) is 3.48. The summed E-state index contributed by atoms with van der Waals surface area (Å²) >= 11 is 6.40. The number of halogens is 2. The Bertz CT molecular complexity index is 568. The summed E-state index contributed by atoms with van der Waals surface area (Å²) in [5, 5.41) is -0.313. The first-order valence-corrected chi connectivity index (χ1v) is 6.57. The summed E-state index contributed by atoms with van der Waals surface area (Å²) < 4.78 is 18.6. The maximum Gasteiger partial charge on any atom is 0.123 e. The lowest BCUT2D eigenvalue weighted by Gasteiger charge is -2.14. The Kier molecular flexibility index (Phi) is 4.43. The molecule has 2 rings (SSSR count). The van der Waals surface area contributed by atoms with E-state index in [1.807, 2.05) is 25.1 Å². The van der Waals surface area contributed by atoms with E-state index in [0.29, 0.717) is 17.7 Å². The van der Waals surface area contributed by atoms with E-state index in [2.05, 4.69) is 6.07 Å². The fourth-order valence-electron chi connectivity index (χ4n) is 2.11. The highest BCUT2D eigenvalue weighted by Gasteiger charge is 2.15. The number of benzene rings is 2. The Hall–Kier alpha value is -1.54. The van der Waals surface area contributed by atoms with Gasteiger partial charge in [-0.15, -0.1) is 11.6 Å². The highest BCUT2D eigenvalue weighted by atomic mass is 35.5. The lowest BCUT2D eigenvalue weighted by atomic mass is 10.0. The zero-order valence-corrected chi connectivity index (χ0v) is 11.7. The molecule has 0 saturated carbocycles. The summed E-state index contributed by atoms with van der Waals surface area (Å²) in [5.41, 5.74) is 3.00. The molecule has 1 unspecified atom stereocenters. The monoisotopic (exact) mass is 278 g/mol. The van der Waals surface area contributed by atoms with Crippen molar-refractivity contribution >= 4 is 11.6 Å². The molecule has 0 radical (unpaired) electrons. The first-order chi connectivity index (χ1) is 9.10. The zero-order chi connectivity index (χ0) is 13.8. The van der Waals surface area contributed by atoms with Crippen LogP contribution in [0.4, 0.5) is 4.39 Å². The molecule has 0 spiro atoms. The lowest BCUT2D eigenvalue weighted by molar-refractivity contribution is 0.407. The minimum atomic E-state index is -0.313. The molecule has 0 aromatic heterocycles. The number of hydrogen-bond acceptors (Lipinski definition) is 1. The van der Waals surface area contributed by atoms with E-state index in [4.69, 9.17) is 16.3 Å². The predicted molar refractivity (Wildman–Crippen MR) is 76.4 cm³/mol. The van der Waals surface area contributed by atoms with Crippen molar-refractivity contribution in [1.82, 2.24) is 0 Å². The van der Waals surface area contributed by atoms with Crippen LogP contribution < -0.4 is 4.74 Å². The maximum absolute atomic E-state index is 13.3. The Morgan fingerprint density at radius 1 is 1.21 bits per heavy atom. The average molecular weight is 279 g/mol. The van der Waals surface area contributed by atoms with E-state index in [9.17, 15) is 4.39 Å². The van der Waals surface area contributed by atoms with Gasteiger partial charge < -0.3 is 4.74 Å². The quantitative estimate of drug-likeness (QED) is 0.739. The number of ether oxygens (including phenoxy) is 1. The topological polar surface area (TPSA) is 9.23 Å². The molecule has 0 aliphatic heterocycles. The van der Waals surface area contributed by atoms with Gasteiger partial charge >= 0.3 is 0 Å². The summed E-state index contributed by atoms with van der Waals surface area (Å²) in [6.45, 7) is 2.04. The van der Waals surface area contributed by atoms with E-state index in [1.165, 1.54) is 17.7 Å². The number of alkyl halides is 1. The summed E-state index contributed by atoms with van der Waals surface area (Å²) in [4.78, 5) is 0. The molecular formula is C16H16ClFO. The van der Waals surface area contributed by atoms with Gasteiger partial charge in [0.1, 0.15) is 11.6 Å². The van der Waals surface area contributed by atoms with Gasteiger partial charge in [0, 0.05) is 5.56 Å². The highest BCUT2D eigenvalue weighted by molar-refractivity contribution is 6.21. The van der Waals surface area contributed by atoms with Crippen LogP contribution in [0.3, 0.4) is 0 Å². The van der Waals surface area contributed by atoms with Crippen LogP contribution in [0.5, 0.6) is 5.75 Å². The SMILES string of the molecule is COc1ccc(F)cc1C(Cl)Cc1cccc(C)c1. The minimum Gasteiger partial charge on any atom is -0.496 e. The molecule has 0 N–H and O–H groups in total. The zero-order valence-electron chi connectivity index (χ0n) is 11.0. The normalized spacial score (nSPS) is 12.2. The summed E-state index contributed by atoms with van der Waals surface area (Å²) in [6, 6.07) is 12.6. The Labute approximate surface area is 118 Å². The smallest absolute Gasteiger partial charge is 0.123 e. The fourth-order valence-corrected chi connectivity index (χ4v) is 2.45. The molecule has 2 aromatic carbocycles. The van der Waals surface area contributed by atoms with Gasteiger partial charge in [-0.25, -0.2) is 4.39 Å². The molecule has 1 atom stereocenters. The molecule has 0 aliphatic carbocycles. The molecular weight excluding hydrogens is 263 g/mol. The Morgan fingerprint density at radius 2 is 2.00 bits per heavy atom. The molecule has 0 heterocycles. The van der Waals surface area contributed by atoms with Crippen molar-refractivity contribution in [2.24, 2.45) is 0 Å². The lowest BCUT2D eigenvalue weighted by Crippen LogP contribution is -2.00. The number of methoxy groups -OCH3 is 1. The summed E-state index contributed by atoms with van der Waals surface area (Å²) in [6.07, 6.45) is 0.642. The van der Waals surface area contributed by atoms with Gasteiger partial charge in [-0.05, 0) is 37.1 Å². The molecule has 3 heteroatoms. The van der Waals surface area contributed by atoms with Crippen LogP contribution in [0.2, 0.25) is 0 Å². The maximum atomic E-state index is 13.3. The second kappa shape index (κ2) is 6.07. The van der Waals surface area contributed by atoms with Gasteiger partial charge in [-0.3, -0.25) is 0 Å². The van der Waals surface area contributed by atoms with Gasteiger partial charge in [0.05, 0.1) is 12.5 Å². The molecule has 1 nitrogen and oxygen atoms in total. The van der Waals surface area contributed by atoms with Crippen LogP contribution in [0.15, 0.2) is 42.5 Å². The number of rotatable bonds is 4. The van der Waals surface area contributed by atoms with E-state index in [-0.39, 0.29) is 11.2 Å². The fraction of sp³-hybridized carbons (Fsp3) is 0.250. The van der Waals surface area contributed by atoms with Crippen molar-refractivity contribution in [1.29, 1.82) is 0 Å². The van der Waals surface area contributed by atoms with Crippen molar-refractivity contribution in [3.8, 4) is 5.75 Å². The van der Waals surface area contributed by atoms with Crippen LogP contribution in [0.25, 0.3) is 0 Å². The summed E-state index contributed by atoms with van der Waals surface area (Å²) in [7, 11) is 1.56. The van der Waals surface area contributed by atoms with E-state index >= 15 is 0 Å². The van der Waals surface area contributed by atoms with Gasteiger partial charge in [0.15, 0.2) is 0 Å². The molecule has 0 bridgehead atoms. The van der Waals surface area contributed by atoms with E-state index in [0.717, 1.165) is 5.56 Å². The third-order valence-electron chi connectivity index (χ3n) is 3.03. The Morgan fingerprint density at radius 3 is 2.68 bits per heavy atom. The number of hydrogen-bond donors (Lipinski definition) is 0. The molecule has 2 aromatic rings. The average Bonchev–Trinajstić information content (AvgIpc) is 2.38. The Balaban J connectivity index is 2.24. The molecule has 100 valence electrons. The van der Waals surface area contributed by atoms with Crippen LogP contribution in [-0.4, -0.2) is 7.11 Å². The first kappa shape index (κ1) is 13.9. The van der Waals surface area contributed by atoms with E-state index < -0.39 is 0 Å². The van der Waals surface area contributed by atoms with Crippen molar-refractivity contribution < 1.29 is 9.13 Å². The third-order valence-corrected chi connectivity index (χ3v) is 3.42. The van der Waals surface area contributed by atoms with Crippen molar-refractivity contribution in [3.05, 3.63) is 65.0 Å². The molecule has 0 amide bonds. The summed E-state index contributed by atoms with van der Waals surface area (Å²) in [5.74, 6) is 0.319. The highest BCUT2D eigenvalue weighted by Crippen LogP contribution is 2.33. The minimum absolute atomic E-state index is 0.300. The van der Waals surface area contributed by atoms with E-state index in [1.54, 1.807) is 13.2 Å². The van der Waals surface area contributed by atoms with Gasteiger partial charge in [-0.1, -0.05) is 29.8 Å². The molecule has 0 fully saturated rings. The van der Waals surface area contributed by atoms with Gasteiger partial charge in [0.25, 0.3) is 0 Å². The van der Waals surface area contributed by atoms with Gasteiger partial charge in [-0.2, -0.15) is 0 Å². The molecule has 0 aliphatic rings. The molecule has 0 saturated heterocycles. The van der Waals surface area contributed by atoms with Crippen LogP contribution >= 0.6 is 11.6 Å². The largest absolute Gasteiger partial charge is 0.496 e. The second-order valence-electron chi connectivity index (χ2n) is 4.55. The first-order valence-electron chi connectivity index (χ1n) is 6.13. The van der Waals surface area contributed by atoms with Crippen molar-refractivity contribution in [2.75, 3.05) is 7.11 Å². The van der Waals surface area contributed by atoms with Crippen LogP contribution in [-0.2, 0) is 6.42 Å². The molecule has 19 heavy (non-hydrogen) atoms. The predicted octanol–water partition coefficient (Wildman–Crippen LogP) is 4.67. The van der Waals surface area contributed by atoms with Crippen LogP contribution in [0.1, 0.15) is 22.1 Å². The van der Waals surface area contributed by atoms with Crippen LogP contribution in [0, 0.1) is 12.7 Å². The number of aryl methyl sites for hydroxylation is 1. The van der Waals surface area contributed by atoms with Crippen molar-refractivity contribution in [3.63, 3.8) is 0 Å². The second-order valence-corrected chi connectivity index (χ2v) is 5.07. The van der Waals surface area contributed by atoms with Gasteiger partial charge in [0.2, 0.25) is 0 Å². The van der Waals surface area contributed by atoms with Crippen molar-refractivity contribution in [2.45, 2.75) is 18.7 Å².